The number of aliphatic hydroxyl groups is 1. The normalized spacial score (nSPS) is 17.5. The first-order valence-electron chi connectivity index (χ1n) is 4.61. The van der Waals surface area contributed by atoms with Gasteiger partial charge in [-0.15, -0.1) is 0 Å². The van der Waals surface area contributed by atoms with E-state index in [1.165, 1.54) is 0 Å². The molecule has 0 aromatic rings. The lowest BCUT2D eigenvalue weighted by Gasteiger charge is -2.28. The Hall–Kier alpha value is -0.0400. The third-order valence-corrected chi connectivity index (χ3v) is 2.79. The summed E-state index contributed by atoms with van der Waals surface area (Å²) in [5.74, 6) is 2.36. The van der Waals surface area contributed by atoms with Gasteiger partial charge < -0.3 is 5.11 Å². The second-order valence-corrected chi connectivity index (χ2v) is 4.19. The van der Waals surface area contributed by atoms with Crippen LogP contribution in [0.2, 0.25) is 0 Å². The zero-order valence-corrected chi connectivity index (χ0v) is 8.46. The molecule has 0 aromatic heterocycles. The molecule has 0 radical (unpaired) electrons. The molecule has 0 rings (SSSR count). The molecule has 0 amide bonds. The van der Waals surface area contributed by atoms with Gasteiger partial charge in [-0.05, 0) is 23.7 Å². The van der Waals surface area contributed by atoms with Crippen molar-refractivity contribution in [1.82, 2.24) is 0 Å². The van der Waals surface area contributed by atoms with Gasteiger partial charge in [0.05, 0.1) is 0 Å². The third kappa shape index (κ3) is 3.24. The summed E-state index contributed by atoms with van der Waals surface area (Å²) in [6, 6.07) is 0. The van der Waals surface area contributed by atoms with Crippen LogP contribution in [0.3, 0.4) is 0 Å². The fourth-order valence-corrected chi connectivity index (χ4v) is 1.48. The van der Waals surface area contributed by atoms with Gasteiger partial charge in [0.1, 0.15) is 0 Å². The van der Waals surface area contributed by atoms with E-state index in [9.17, 15) is 0 Å². The van der Waals surface area contributed by atoms with Crippen molar-refractivity contribution in [3.05, 3.63) is 0 Å². The SMILES string of the molecule is CC(C)C(C)C(CO)C(C)C. The summed E-state index contributed by atoms with van der Waals surface area (Å²) in [4.78, 5) is 0. The summed E-state index contributed by atoms with van der Waals surface area (Å²) in [7, 11) is 0. The molecule has 2 atom stereocenters. The largest absolute Gasteiger partial charge is 0.396 e. The zero-order valence-electron chi connectivity index (χ0n) is 8.46. The first kappa shape index (κ1) is 11.0. The first-order valence-corrected chi connectivity index (χ1v) is 4.61. The molecule has 0 bridgehead atoms. The summed E-state index contributed by atoms with van der Waals surface area (Å²) < 4.78 is 0. The van der Waals surface area contributed by atoms with E-state index in [0.717, 1.165) is 0 Å². The Morgan fingerprint density at radius 1 is 0.909 bits per heavy atom. The highest BCUT2D eigenvalue weighted by Crippen LogP contribution is 2.26. The van der Waals surface area contributed by atoms with Gasteiger partial charge in [0, 0.05) is 6.61 Å². The highest BCUT2D eigenvalue weighted by atomic mass is 16.3. The fraction of sp³-hybridized carbons (Fsp3) is 1.00. The van der Waals surface area contributed by atoms with Gasteiger partial charge in [-0.3, -0.25) is 0 Å². The molecular formula is C10H22O. The molecular weight excluding hydrogens is 136 g/mol. The van der Waals surface area contributed by atoms with Gasteiger partial charge in [0.2, 0.25) is 0 Å². The Balaban J connectivity index is 4.02. The Morgan fingerprint density at radius 3 is 1.45 bits per heavy atom. The van der Waals surface area contributed by atoms with Crippen LogP contribution in [0.15, 0.2) is 0 Å². The topological polar surface area (TPSA) is 20.2 Å². The zero-order chi connectivity index (χ0) is 9.02. The predicted molar refractivity (Wildman–Crippen MR) is 49.4 cm³/mol. The minimum atomic E-state index is 0.330. The van der Waals surface area contributed by atoms with Gasteiger partial charge >= 0.3 is 0 Å². The molecule has 0 aliphatic heterocycles. The van der Waals surface area contributed by atoms with E-state index >= 15 is 0 Å². The molecule has 0 heterocycles. The maximum Gasteiger partial charge on any atom is 0.0464 e. The molecule has 2 unspecified atom stereocenters. The number of rotatable bonds is 4. The lowest BCUT2D eigenvalue weighted by Crippen LogP contribution is -2.25. The molecule has 11 heavy (non-hydrogen) atoms. The van der Waals surface area contributed by atoms with E-state index in [1.807, 2.05) is 0 Å². The summed E-state index contributed by atoms with van der Waals surface area (Å²) >= 11 is 0. The van der Waals surface area contributed by atoms with Crippen LogP contribution >= 0.6 is 0 Å². The molecule has 0 fully saturated rings. The lowest BCUT2D eigenvalue weighted by atomic mass is 9.79. The van der Waals surface area contributed by atoms with Crippen molar-refractivity contribution in [2.75, 3.05) is 6.61 Å². The maximum atomic E-state index is 9.12. The van der Waals surface area contributed by atoms with Gasteiger partial charge in [0.25, 0.3) is 0 Å². The van der Waals surface area contributed by atoms with Crippen molar-refractivity contribution in [1.29, 1.82) is 0 Å². The van der Waals surface area contributed by atoms with E-state index in [0.29, 0.717) is 30.3 Å². The van der Waals surface area contributed by atoms with Crippen LogP contribution in [0, 0.1) is 23.7 Å². The van der Waals surface area contributed by atoms with Crippen LogP contribution in [-0.4, -0.2) is 11.7 Å². The molecule has 0 aliphatic rings. The van der Waals surface area contributed by atoms with E-state index in [1.54, 1.807) is 0 Å². The van der Waals surface area contributed by atoms with Gasteiger partial charge in [-0.1, -0.05) is 34.6 Å². The minimum absolute atomic E-state index is 0.330. The summed E-state index contributed by atoms with van der Waals surface area (Å²) in [5.41, 5.74) is 0. The first-order chi connectivity index (χ1) is 5.00. The van der Waals surface area contributed by atoms with Gasteiger partial charge in [0.15, 0.2) is 0 Å². The Kier molecular flexibility index (Phi) is 4.74. The molecule has 1 nitrogen and oxygen atoms in total. The van der Waals surface area contributed by atoms with Crippen molar-refractivity contribution in [2.24, 2.45) is 23.7 Å². The molecule has 0 aliphatic carbocycles. The summed E-state index contributed by atoms with van der Waals surface area (Å²) in [6.07, 6.45) is 0. The summed E-state index contributed by atoms with van der Waals surface area (Å²) in [5, 5.41) is 9.12. The Bertz CT molecular complexity index is 97.0. The Morgan fingerprint density at radius 2 is 1.36 bits per heavy atom. The second-order valence-electron chi connectivity index (χ2n) is 4.19. The van der Waals surface area contributed by atoms with Crippen LogP contribution in [0.1, 0.15) is 34.6 Å². The van der Waals surface area contributed by atoms with Crippen LogP contribution in [0.5, 0.6) is 0 Å². The standard InChI is InChI=1S/C10H22O/c1-7(2)9(5)10(6-11)8(3)4/h7-11H,6H2,1-5H3. The minimum Gasteiger partial charge on any atom is -0.396 e. The van der Waals surface area contributed by atoms with E-state index < -0.39 is 0 Å². The molecule has 1 N–H and O–H groups in total. The lowest BCUT2D eigenvalue weighted by molar-refractivity contribution is 0.118. The van der Waals surface area contributed by atoms with E-state index in [4.69, 9.17) is 5.11 Å². The second kappa shape index (κ2) is 4.76. The molecule has 0 saturated heterocycles. The highest BCUT2D eigenvalue weighted by Gasteiger charge is 2.21. The van der Waals surface area contributed by atoms with E-state index in [2.05, 4.69) is 34.6 Å². The van der Waals surface area contributed by atoms with Crippen molar-refractivity contribution >= 4 is 0 Å². The monoisotopic (exact) mass is 158 g/mol. The smallest absolute Gasteiger partial charge is 0.0464 e. The average Bonchev–Trinajstić information content (AvgIpc) is 1.88. The quantitative estimate of drug-likeness (QED) is 0.666. The molecule has 0 spiro atoms. The van der Waals surface area contributed by atoms with Crippen LogP contribution < -0.4 is 0 Å². The van der Waals surface area contributed by atoms with Crippen LogP contribution in [-0.2, 0) is 0 Å². The van der Waals surface area contributed by atoms with Crippen molar-refractivity contribution in [2.45, 2.75) is 34.6 Å². The third-order valence-electron chi connectivity index (χ3n) is 2.79. The van der Waals surface area contributed by atoms with Crippen LogP contribution in [0.25, 0.3) is 0 Å². The average molecular weight is 158 g/mol. The molecule has 0 aromatic carbocycles. The molecule has 1 heteroatoms. The fourth-order valence-electron chi connectivity index (χ4n) is 1.48. The highest BCUT2D eigenvalue weighted by molar-refractivity contribution is 4.70. The van der Waals surface area contributed by atoms with Crippen molar-refractivity contribution in [3.8, 4) is 0 Å². The van der Waals surface area contributed by atoms with E-state index in [-0.39, 0.29) is 0 Å². The predicted octanol–water partition coefficient (Wildman–Crippen LogP) is 2.54. The summed E-state index contributed by atoms with van der Waals surface area (Å²) in [6.45, 7) is 11.4. The van der Waals surface area contributed by atoms with Crippen LogP contribution in [0.4, 0.5) is 0 Å². The number of hydrogen-bond donors (Lipinski definition) is 1. The Labute approximate surface area is 70.8 Å². The van der Waals surface area contributed by atoms with Gasteiger partial charge in [-0.2, -0.15) is 0 Å². The van der Waals surface area contributed by atoms with Crippen molar-refractivity contribution < 1.29 is 5.11 Å². The maximum absolute atomic E-state index is 9.12. The number of hydrogen-bond acceptors (Lipinski definition) is 1. The van der Waals surface area contributed by atoms with Gasteiger partial charge in [-0.25, -0.2) is 0 Å². The molecule has 68 valence electrons. The molecule has 0 saturated carbocycles. The van der Waals surface area contributed by atoms with Crippen molar-refractivity contribution in [3.63, 3.8) is 0 Å². The number of aliphatic hydroxyl groups excluding tert-OH is 1.